The summed E-state index contributed by atoms with van der Waals surface area (Å²) in [4.78, 5) is 13.3. The summed E-state index contributed by atoms with van der Waals surface area (Å²) < 4.78 is 34.2. The van der Waals surface area contributed by atoms with E-state index >= 15 is 0 Å². The van der Waals surface area contributed by atoms with E-state index in [0.717, 1.165) is 70.6 Å². The van der Waals surface area contributed by atoms with E-state index < -0.39 is 124 Å². The molecule has 0 aromatic rings. The Morgan fingerprint density at radius 2 is 0.835 bits per heavy atom. The lowest BCUT2D eigenvalue weighted by Crippen LogP contribution is -2.66. The maximum absolute atomic E-state index is 13.3. The molecule has 3 heterocycles. The van der Waals surface area contributed by atoms with Gasteiger partial charge in [-0.1, -0.05) is 185 Å². The number of hydrogen-bond donors (Lipinski definition) is 12. The van der Waals surface area contributed by atoms with Gasteiger partial charge in [0, 0.05) is 6.42 Å². The number of carbonyl (C=O) groups excluding carboxylic acids is 1. The van der Waals surface area contributed by atoms with Gasteiger partial charge < -0.3 is 89.9 Å². The first-order valence-corrected chi connectivity index (χ1v) is 30.7. The molecule has 17 atom stereocenters. The van der Waals surface area contributed by atoms with Crippen LogP contribution in [0.3, 0.4) is 0 Å². The number of unbranched alkanes of at least 4 members (excludes halogenated alkanes) is 25. The van der Waals surface area contributed by atoms with Crippen molar-refractivity contribution < 1.29 is 89.4 Å². The minimum Gasteiger partial charge on any atom is -0.394 e. The summed E-state index contributed by atoms with van der Waals surface area (Å²) in [5.74, 6) is -0.290. The maximum atomic E-state index is 13.3. The molecule has 0 aromatic carbocycles. The second kappa shape index (κ2) is 43.6. The standard InChI is InChI=1S/C60H109NO18/c1-3-5-7-9-11-13-15-17-19-20-21-22-24-25-27-29-31-33-35-37-44(65)43(61-48(66)38-36-34-32-30-28-26-23-18-16-14-12-10-8-6-4-2)42-74-58-54(72)51(69)56(46(40-63)76-58)79-60-55(73)52(70)57(47(41-64)77-60)78-59-53(71)50(68)49(67)45(39-62)75-59/h12,14,18,23,35,37,43-47,49-60,62-65,67-73H,3-11,13,15-17,19-22,24-34,36,38-42H2,1-2H3,(H,61,66)/b14-12-,23-18-,37-35+. The molecule has 79 heavy (non-hydrogen) atoms. The van der Waals surface area contributed by atoms with Crippen molar-refractivity contribution in [3.05, 3.63) is 36.5 Å². The van der Waals surface area contributed by atoms with Gasteiger partial charge in [-0.05, 0) is 51.4 Å². The van der Waals surface area contributed by atoms with Crippen molar-refractivity contribution >= 4 is 5.91 Å². The third-order valence-corrected chi connectivity index (χ3v) is 15.4. The van der Waals surface area contributed by atoms with E-state index in [1.165, 1.54) is 109 Å². The number of rotatable bonds is 45. The summed E-state index contributed by atoms with van der Waals surface area (Å²) in [6, 6.07) is -0.979. The second-order valence-corrected chi connectivity index (χ2v) is 22.2. The third kappa shape index (κ3) is 27.5. The molecule has 0 bridgehead atoms. The molecular formula is C60H109NO18. The van der Waals surface area contributed by atoms with Crippen LogP contribution in [-0.4, -0.2) is 193 Å². The predicted octanol–water partition coefficient (Wildman–Crippen LogP) is 5.71. The largest absolute Gasteiger partial charge is 0.394 e. The summed E-state index contributed by atoms with van der Waals surface area (Å²) in [7, 11) is 0. The zero-order valence-corrected chi connectivity index (χ0v) is 48.1. The fourth-order valence-corrected chi connectivity index (χ4v) is 10.3. The van der Waals surface area contributed by atoms with Gasteiger partial charge in [-0.3, -0.25) is 4.79 Å². The van der Waals surface area contributed by atoms with Crippen LogP contribution >= 0.6 is 0 Å². The first-order chi connectivity index (χ1) is 38.3. The average Bonchev–Trinajstić information content (AvgIpc) is 3.47. The quantitative estimate of drug-likeness (QED) is 0.0257. The van der Waals surface area contributed by atoms with E-state index in [1.807, 2.05) is 6.08 Å². The van der Waals surface area contributed by atoms with Crippen molar-refractivity contribution in [1.82, 2.24) is 5.32 Å². The van der Waals surface area contributed by atoms with Gasteiger partial charge in [-0.25, -0.2) is 0 Å². The number of ether oxygens (including phenoxy) is 6. The van der Waals surface area contributed by atoms with Gasteiger partial charge in [0.25, 0.3) is 0 Å². The first kappa shape index (κ1) is 71.3. The van der Waals surface area contributed by atoms with E-state index in [9.17, 15) is 61.0 Å². The highest BCUT2D eigenvalue weighted by molar-refractivity contribution is 5.76. The Bertz CT molecular complexity index is 1590. The van der Waals surface area contributed by atoms with Gasteiger partial charge in [0.15, 0.2) is 18.9 Å². The molecule has 17 unspecified atom stereocenters. The molecule has 462 valence electrons. The normalized spacial score (nSPS) is 30.5. The molecule has 3 saturated heterocycles. The zero-order valence-electron chi connectivity index (χ0n) is 48.1. The van der Waals surface area contributed by atoms with Gasteiger partial charge in [-0.15, -0.1) is 0 Å². The van der Waals surface area contributed by atoms with Crippen LogP contribution in [0.4, 0.5) is 0 Å². The van der Waals surface area contributed by atoms with Crippen molar-refractivity contribution in [1.29, 1.82) is 0 Å². The van der Waals surface area contributed by atoms with Gasteiger partial charge in [0.2, 0.25) is 5.91 Å². The van der Waals surface area contributed by atoms with Crippen LogP contribution in [0.1, 0.15) is 206 Å². The van der Waals surface area contributed by atoms with Crippen LogP contribution < -0.4 is 5.32 Å². The highest BCUT2D eigenvalue weighted by Gasteiger charge is 2.53. The van der Waals surface area contributed by atoms with Crippen molar-refractivity contribution in [2.75, 3.05) is 26.4 Å². The number of aliphatic hydroxyl groups excluding tert-OH is 11. The Hall–Kier alpha value is -1.99. The SMILES string of the molecule is CCCCC/C=C\C/C=C\CCCCCCCC(=O)NC(COC1OC(CO)C(OC2OC(CO)C(OC3OC(CO)C(O)C(O)C3O)C(O)C2O)C(O)C1O)C(O)/C=C/CCCCCCCCCCCCCCCCCCC. The highest BCUT2D eigenvalue weighted by atomic mass is 16.8. The van der Waals surface area contributed by atoms with Crippen molar-refractivity contribution in [3.63, 3.8) is 0 Å². The summed E-state index contributed by atoms with van der Waals surface area (Å²) in [5.41, 5.74) is 0. The van der Waals surface area contributed by atoms with E-state index in [4.69, 9.17) is 28.4 Å². The molecule has 0 spiro atoms. The predicted molar refractivity (Wildman–Crippen MR) is 300 cm³/mol. The Balaban J connectivity index is 1.51. The first-order valence-electron chi connectivity index (χ1n) is 30.7. The summed E-state index contributed by atoms with van der Waals surface area (Å²) >= 11 is 0. The molecule has 0 aromatic heterocycles. The lowest BCUT2D eigenvalue weighted by atomic mass is 9.96. The lowest BCUT2D eigenvalue weighted by Gasteiger charge is -2.48. The van der Waals surface area contributed by atoms with Gasteiger partial charge in [-0.2, -0.15) is 0 Å². The molecule has 19 heteroatoms. The Kier molecular flexibility index (Phi) is 39.4. The van der Waals surface area contributed by atoms with E-state index in [2.05, 4.69) is 43.5 Å². The number of hydrogen-bond acceptors (Lipinski definition) is 18. The van der Waals surface area contributed by atoms with Crippen LogP contribution in [0.15, 0.2) is 36.5 Å². The van der Waals surface area contributed by atoms with Crippen molar-refractivity contribution in [2.24, 2.45) is 0 Å². The molecule has 0 aliphatic carbocycles. The van der Waals surface area contributed by atoms with E-state index in [0.29, 0.717) is 6.42 Å². The summed E-state index contributed by atoms with van der Waals surface area (Å²) in [5, 5.41) is 120. The average molecular weight is 1130 g/mol. The minimum absolute atomic E-state index is 0.227. The van der Waals surface area contributed by atoms with Crippen LogP contribution in [0.2, 0.25) is 0 Å². The molecule has 1 amide bonds. The number of allylic oxidation sites excluding steroid dienone is 5. The molecule has 19 nitrogen and oxygen atoms in total. The molecule has 12 N–H and O–H groups in total. The van der Waals surface area contributed by atoms with Gasteiger partial charge in [0.1, 0.15) is 73.2 Å². The molecule has 3 aliphatic heterocycles. The third-order valence-electron chi connectivity index (χ3n) is 15.4. The maximum Gasteiger partial charge on any atom is 0.220 e. The fraction of sp³-hybridized carbons (Fsp3) is 0.883. The highest BCUT2D eigenvalue weighted by Crippen LogP contribution is 2.33. The molecule has 0 saturated carbocycles. The number of aliphatic hydroxyl groups is 11. The van der Waals surface area contributed by atoms with E-state index in [1.54, 1.807) is 6.08 Å². The van der Waals surface area contributed by atoms with Crippen LogP contribution in [0.5, 0.6) is 0 Å². The summed E-state index contributed by atoms with van der Waals surface area (Å²) in [6.45, 7) is 1.68. The van der Waals surface area contributed by atoms with Gasteiger partial charge in [0.05, 0.1) is 38.6 Å². The molecule has 3 rings (SSSR count). The number of carbonyl (C=O) groups is 1. The van der Waals surface area contributed by atoms with Crippen LogP contribution in [0, 0.1) is 0 Å². The molecular weight excluding hydrogens is 1020 g/mol. The molecule has 3 fully saturated rings. The van der Waals surface area contributed by atoms with Crippen molar-refractivity contribution in [2.45, 2.75) is 311 Å². The number of nitrogens with one attached hydrogen (secondary N) is 1. The number of amides is 1. The minimum atomic E-state index is -1.98. The topological polar surface area (TPSA) is 307 Å². The Labute approximate surface area is 472 Å². The smallest absolute Gasteiger partial charge is 0.220 e. The van der Waals surface area contributed by atoms with Crippen molar-refractivity contribution in [3.8, 4) is 0 Å². The Morgan fingerprint density at radius 1 is 0.456 bits per heavy atom. The van der Waals surface area contributed by atoms with E-state index in [-0.39, 0.29) is 18.9 Å². The monoisotopic (exact) mass is 1130 g/mol. The Morgan fingerprint density at radius 3 is 1.32 bits per heavy atom. The lowest BCUT2D eigenvalue weighted by molar-refractivity contribution is -0.379. The fourth-order valence-electron chi connectivity index (χ4n) is 10.3. The second-order valence-electron chi connectivity index (χ2n) is 22.2. The van der Waals surface area contributed by atoms with Crippen LogP contribution in [0.25, 0.3) is 0 Å². The molecule has 0 radical (unpaired) electrons. The van der Waals surface area contributed by atoms with Gasteiger partial charge >= 0.3 is 0 Å². The van der Waals surface area contributed by atoms with Crippen LogP contribution in [-0.2, 0) is 33.2 Å². The molecule has 3 aliphatic rings. The summed E-state index contributed by atoms with van der Waals surface area (Å²) in [6.07, 6.45) is 19.8. The zero-order chi connectivity index (χ0) is 57.6.